The number of benzene rings is 1. The van der Waals surface area contributed by atoms with E-state index in [2.05, 4.69) is 20.8 Å². The Balaban J connectivity index is 2.14. The number of rotatable bonds is 4. The minimum absolute atomic E-state index is 0.0422. The lowest BCUT2D eigenvalue weighted by atomic mass is 10.2. The molecule has 0 fully saturated rings. The molecule has 0 aliphatic rings. The summed E-state index contributed by atoms with van der Waals surface area (Å²) in [6.07, 6.45) is 0. The lowest BCUT2D eigenvalue weighted by Crippen LogP contribution is -2.31. The van der Waals surface area contributed by atoms with Crippen LogP contribution in [0, 0.1) is 24.0 Å². The molecule has 1 aromatic carbocycles. The van der Waals surface area contributed by atoms with Gasteiger partial charge < -0.3 is 0 Å². The number of nitro benzene ring substituents is 1. The van der Waals surface area contributed by atoms with Gasteiger partial charge in [-0.2, -0.15) is 0 Å². The van der Waals surface area contributed by atoms with E-state index in [1.54, 1.807) is 26.0 Å². The van der Waals surface area contributed by atoms with Gasteiger partial charge in [0.15, 0.2) is 0 Å². The quantitative estimate of drug-likeness (QED) is 0.655. The zero-order chi connectivity index (χ0) is 15.4. The van der Waals surface area contributed by atoms with Gasteiger partial charge in [0.05, 0.1) is 4.92 Å². The topological polar surface area (TPSA) is 110 Å². The fraction of sp³-hybridized carbons (Fsp3) is 0.154. The summed E-state index contributed by atoms with van der Waals surface area (Å²) in [5, 5.41) is 10.9. The number of para-hydroxylation sites is 1. The molecular weight excluding hydrogens is 274 g/mol. The van der Waals surface area contributed by atoms with Crippen molar-refractivity contribution in [2.75, 3.05) is 5.43 Å². The number of aromatic nitrogens is 2. The summed E-state index contributed by atoms with van der Waals surface area (Å²) in [5.74, 6) is -0.413. The fourth-order valence-corrected chi connectivity index (χ4v) is 1.79. The number of amides is 1. The van der Waals surface area contributed by atoms with Crippen LogP contribution in [-0.2, 0) is 0 Å². The molecule has 0 saturated carbocycles. The zero-order valence-corrected chi connectivity index (χ0v) is 11.5. The normalized spacial score (nSPS) is 10.0. The predicted octanol–water partition coefficient (Wildman–Crippen LogP) is 1.76. The Bertz CT molecular complexity index is 682. The van der Waals surface area contributed by atoms with E-state index in [0.29, 0.717) is 0 Å². The molecule has 0 radical (unpaired) electrons. The molecular formula is C13H13N5O3. The molecule has 2 N–H and O–H groups in total. The van der Waals surface area contributed by atoms with Crippen LogP contribution in [0.25, 0.3) is 0 Å². The Morgan fingerprint density at radius 2 is 1.81 bits per heavy atom. The number of carbonyl (C=O) groups excluding carboxylic acids is 1. The Labute approximate surface area is 120 Å². The number of carbonyl (C=O) groups is 1. The highest BCUT2D eigenvalue weighted by Gasteiger charge is 2.19. The van der Waals surface area contributed by atoms with Crippen LogP contribution >= 0.6 is 0 Å². The number of anilines is 1. The van der Waals surface area contributed by atoms with Crippen LogP contribution in [-0.4, -0.2) is 20.8 Å². The molecule has 0 unspecified atom stereocenters. The number of hydrogen-bond acceptors (Lipinski definition) is 6. The maximum absolute atomic E-state index is 12.0. The van der Waals surface area contributed by atoms with Gasteiger partial charge in [-0.25, -0.2) is 9.97 Å². The molecule has 0 saturated heterocycles. The average Bonchev–Trinajstić information content (AvgIpc) is 2.43. The number of hydrogen-bond donors (Lipinski definition) is 2. The minimum Gasteiger partial charge on any atom is -0.267 e. The largest absolute Gasteiger partial charge is 0.282 e. The molecule has 8 nitrogen and oxygen atoms in total. The van der Waals surface area contributed by atoms with Gasteiger partial charge >= 0.3 is 0 Å². The van der Waals surface area contributed by atoms with Crippen LogP contribution in [0.2, 0.25) is 0 Å². The highest BCUT2D eigenvalue weighted by atomic mass is 16.6. The van der Waals surface area contributed by atoms with Crippen molar-refractivity contribution in [3.8, 4) is 0 Å². The number of hydrazine groups is 1. The van der Waals surface area contributed by atoms with Crippen LogP contribution < -0.4 is 10.9 Å². The average molecular weight is 287 g/mol. The van der Waals surface area contributed by atoms with Crippen molar-refractivity contribution in [1.29, 1.82) is 0 Å². The van der Waals surface area contributed by atoms with Crippen molar-refractivity contribution >= 4 is 17.5 Å². The van der Waals surface area contributed by atoms with E-state index < -0.39 is 10.8 Å². The Kier molecular flexibility index (Phi) is 4.07. The number of aryl methyl sites for hydroxylation is 2. The van der Waals surface area contributed by atoms with Gasteiger partial charge in [0.25, 0.3) is 11.6 Å². The van der Waals surface area contributed by atoms with Crippen LogP contribution in [0.5, 0.6) is 0 Å². The van der Waals surface area contributed by atoms with Gasteiger partial charge in [-0.3, -0.25) is 25.8 Å². The summed E-state index contributed by atoms with van der Waals surface area (Å²) in [6, 6.07) is 7.47. The van der Waals surface area contributed by atoms with E-state index in [1.807, 2.05) is 0 Å². The highest BCUT2D eigenvalue weighted by Crippen LogP contribution is 2.17. The first-order valence-electron chi connectivity index (χ1n) is 6.09. The van der Waals surface area contributed by atoms with Crippen molar-refractivity contribution in [2.24, 2.45) is 0 Å². The molecule has 108 valence electrons. The third kappa shape index (κ3) is 3.50. The molecule has 2 aromatic rings. The first-order chi connectivity index (χ1) is 9.97. The van der Waals surface area contributed by atoms with Gasteiger partial charge in [0, 0.05) is 17.5 Å². The van der Waals surface area contributed by atoms with Gasteiger partial charge in [-0.05, 0) is 26.0 Å². The smallest absolute Gasteiger partial charge is 0.267 e. The van der Waals surface area contributed by atoms with Crippen molar-refractivity contribution in [2.45, 2.75) is 13.8 Å². The molecule has 0 atom stereocenters. The van der Waals surface area contributed by atoms with E-state index in [0.717, 1.165) is 11.4 Å². The van der Waals surface area contributed by atoms with Gasteiger partial charge in [-0.15, -0.1) is 0 Å². The Hall–Kier alpha value is -3.03. The van der Waals surface area contributed by atoms with Gasteiger partial charge in [-0.1, -0.05) is 12.1 Å². The van der Waals surface area contributed by atoms with E-state index >= 15 is 0 Å². The van der Waals surface area contributed by atoms with Crippen LogP contribution in [0.1, 0.15) is 21.7 Å². The van der Waals surface area contributed by atoms with E-state index in [-0.39, 0.29) is 17.2 Å². The van der Waals surface area contributed by atoms with E-state index in [9.17, 15) is 14.9 Å². The first-order valence-corrected chi connectivity index (χ1v) is 6.09. The lowest BCUT2D eigenvalue weighted by Gasteiger charge is -2.08. The van der Waals surface area contributed by atoms with Crippen LogP contribution in [0.3, 0.4) is 0 Å². The second kappa shape index (κ2) is 5.95. The third-order valence-corrected chi connectivity index (χ3v) is 2.62. The maximum Gasteiger partial charge on any atom is 0.282 e. The number of nitrogens with one attached hydrogen (secondary N) is 2. The lowest BCUT2D eigenvalue weighted by molar-refractivity contribution is -0.385. The maximum atomic E-state index is 12.0. The summed E-state index contributed by atoms with van der Waals surface area (Å²) in [5.41, 5.74) is 6.07. The van der Waals surface area contributed by atoms with Crippen LogP contribution in [0.15, 0.2) is 30.3 Å². The first kappa shape index (κ1) is 14.4. The molecule has 2 rings (SSSR count). The van der Waals surface area contributed by atoms with Crippen molar-refractivity contribution in [1.82, 2.24) is 15.4 Å². The predicted molar refractivity (Wildman–Crippen MR) is 75.7 cm³/mol. The standard InChI is InChI=1S/C13H13N5O3/c1-8-7-9(2)15-13(14-8)17-16-12(19)10-5-3-4-6-11(10)18(20)21/h3-7H,1-2H3,(H,16,19)(H,14,15,17). The van der Waals surface area contributed by atoms with Gasteiger partial charge in [0.2, 0.25) is 5.95 Å². The SMILES string of the molecule is Cc1cc(C)nc(NNC(=O)c2ccccc2[N+](=O)[O-])n1. The van der Waals surface area contributed by atoms with Crippen molar-refractivity contribution in [3.63, 3.8) is 0 Å². The Morgan fingerprint density at radius 3 is 2.43 bits per heavy atom. The number of nitro groups is 1. The molecule has 0 aliphatic carbocycles. The Morgan fingerprint density at radius 1 is 1.19 bits per heavy atom. The second-order valence-corrected chi connectivity index (χ2v) is 4.33. The molecule has 1 aromatic heterocycles. The molecule has 0 aliphatic heterocycles. The van der Waals surface area contributed by atoms with Crippen molar-refractivity contribution in [3.05, 3.63) is 57.4 Å². The summed E-state index contributed by atoms with van der Waals surface area (Å²) >= 11 is 0. The van der Waals surface area contributed by atoms with E-state index in [1.165, 1.54) is 18.2 Å². The summed E-state index contributed by atoms with van der Waals surface area (Å²) in [4.78, 5) is 30.4. The second-order valence-electron chi connectivity index (χ2n) is 4.33. The van der Waals surface area contributed by atoms with Gasteiger partial charge in [0.1, 0.15) is 5.56 Å². The highest BCUT2D eigenvalue weighted by molar-refractivity contribution is 5.98. The summed E-state index contributed by atoms with van der Waals surface area (Å²) < 4.78 is 0. The third-order valence-electron chi connectivity index (χ3n) is 2.62. The summed E-state index contributed by atoms with van der Waals surface area (Å²) in [6.45, 7) is 3.59. The molecule has 0 bridgehead atoms. The fourth-order valence-electron chi connectivity index (χ4n) is 1.79. The van der Waals surface area contributed by atoms with E-state index in [4.69, 9.17) is 0 Å². The monoisotopic (exact) mass is 287 g/mol. The molecule has 1 amide bonds. The summed E-state index contributed by atoms with van der Waals surface area (Å²) in [7, 11) is 0. The zero-order valence-electron chi connectivity index (χ0n) is 11.5. The molecule has 21 heavy (non-hydrogen) atoms. The molecule has 8 heteroatoms. The molecule has 0 spiro atoms. The molecule has 1 heterocycles. The minimum atomic E-state index is -0.634. The van der Waals surface area contributed by atoms with Crippen LogP contribution in [0.4, 0.5) is 11.6 Å². The number of nitrogens with zero attached hydrogens (tertiary/aromatic N) is 3. The van der Waals surface area contributed by atoms with Crippen molar-refractivity contribution < 1.29 is 9.72 Å².